The number of nitrogens with zero attached hydrogens (tertiary/aromatic N) is 5. The second-order valence-corrected chi connectivity index (χ2v) is 8.18. The van der Waals surface area contributed by atoms with Crippen LogP contribution in [0.2, 0.25) is 0 Å². The summed E-state index contributed by atoms with van der Waals surface area (Å²) in [7, 11) is -3.61. The number of hydrogen-bond donors (Lipinski definition) is 0. The second-order valence-electron chi connectivity index (χ2n) is 6.24. The molecule has 0 aliphatic carbocycles. The first-order chi connectivity index (χ1) is 12.1. The van der Waals surface area contributed by atoms with Crippen molar-refractivity contribution in [2.24, 2.45) is 0 Å². The number of aromatic nitrogens is 3. The van der Waals surface area contributed by atoms with Gasteiger partial charge in [0.25, 0.3) is 5.91 Å². The molecular formula is C15H19N5O4S. The first kappa shape index (κ1) is 16.3. The van der Waals surface area contributed by atoms with Gasteiger partial charge in [-0.15, -0.1) is 0 Å². The van der Waals surface area contributed by atoms with Gasteiger partial charge >= 0.3 is 0 Å². The fourth-order valence-electron chi connectivity index (χ4n) is 3.37. The van der Waals surface area contributed by atoms with Gasteiger partial charge < -0.3 is 9.42 Å². The molecular weight excluding hydrogens is 346 g/mol. The predicted molar refractivity (Wildman–Crippen MR) is 86.3 cm³/mol. The summed E-state index contributed by atoms with van der Waals surface area (Å²) in [4.78, 5) is 14.5. The summed E-state index contributed by atoms with van der Waals surface area (Å²) in [5.41, 5.74) is 1.64. The summed E-state index contributed by atoms with van der Waals surface area (Å²) in [6.45, 7) is 2.07. The number of carbonyl (C=O) groups excluding carboxylic acids is 1. The van der Waals surface area contributed by atoms with Gasteiger partial charge in [-0.25, -0.2) is 8.42 Å². The second kappa shape index (κ2) is 6.26. The van der Waals surface area contributed by atoms with Crippen LogP contribution in [0.5, 0.6) is 0 Å². The normalized spacial score (nSPS) is 19.0. The average Bonchev–Trinajstić information content (AvgIpc) is 3.31. The number of amides is 1. The lowest BCUT2D eigenvalue weighted by molar-refractivity contribution is 0.0696. The Bertz CT molecular complexity index is 866. The van der Waals surface area contributed by atoms with Crippen LogP contribution in [0.4, 0.5) is 0 Å². The molecule has 0 bridgehead atoms. The molecule has 1 fully saturated rings. The van der Waals surface area contributed by atoms with Crippen molar-refractivity contribution in [1.82, 2.24) is 24.1 Å². The largest absolute Gasteiger partial charge is 0.363 e. The molecule has 0 unspecified atom stereocenters. The number of carbonyl (C=O) groups is 1. The maximum absolute atomic E-state index is 12.8. The Morgan fingerprint density at radius 1 is 1.08 bits per heavy atom. The zero-order chi connectivity index (χ0) is 17.4. The van der Waals surface area contributed by atoms with E-state index in [1.807, 2.05) is 4.68 Å². The first-order valence-electron chi connectivity index (χ1n) is 8.31. The molecule has 10 heteroatoms. The molecule has 0 saturated carbocycles. The van der Waals surface area contributed by atoms with Gasteiger partial charge in [0.2, 0.25) is 10.0 Å². The molecule has 2 aromatic heterocycles. The van der Waals surface area contributed by atoms with Gasteiger partial charge in [-0.1, -0.05) is 5.16 Å². The number of hydrogen-bond acceptors (Lipinski definition) is 6. The van der Waals surface area contributed by atoms with E-state index in [9.17, 15) is 13.2 Å². The van der Waals surface area contributed by atoms with Crippen molar-refractivity contribution in [1.29, 1.82) is 0 Å². The summed E-state index contributed by atoms with van der Waals surface area (Å²) < 4.78 is 32.8. The van der Waals surface area contributed by atoms with Gasteiger partial charge in [0.15, 0.2) is 0 Å². The summed E-state index contributed by atoms with van der Waals surface area (Å²) in [6.07, 6.45) is 6.96. The molecule has 134 valence electrons. The highest BCUT2D eigenvalue weighted by molar-refractivity contribution is 7.89. The molecule has 4 heterocycles. The van der Waals surface area contributed by atoms with Crippen LogP contribution in [0, 0.1) is 0 Å². The molecule has 1 amide bonds. The fraction of sp³-hybridized carbons (Fsp3) is 0.533. The minimum Gasteiger partial charge on any atom is -0.363 e. The molecule has 0 aromatic carbocycles. The molecule has 2 aromatic rings. The van der Waals surface area contributed by atoms with E-state index < -0.39 is 10.0 Å². The Morgan fingerprint density at radius 3 is 2.60 bits per heavy atom. The maximum atomic E-state index is 12.8. The predicted octanol–water partition coefficient (Wildman–Crippen LogP) is 0.354. The van der Waals surface area contributed by atoms with Gasteiger partial charge in [-0.05, 0) is 19.3 Å². The van der Waals surface area contributed by atoms with E-state index in [-0.39, 0.29) is 23.9 Å². The van der Waals surface area contributed by atoms with Crippen LogP contribution in [0.25, 0.3) is 0 Å². The van der Waals surface area contributed by atoms with Gasteiger partial charge in [-0.3, -0.25) is 9.48 Å². The van der Waals surface area contributed by atoms with Crippen molar-refractivity contribution in [3.05, 3.63) is 29.9 Å². The zero-order valence-electron chi connectivity index (χ0n) is 13.7. The first-order valence-corrected chi connectivity index (χ1v) is 9.75. The van der Waals surface area contributed by atoms with Gasteiger partial charge in [-0.2, -0.15) is 9.40 Å². The zero-order valence-corrected chi connectivity index (χ0v) is 14.5. The highest BCUT2D eigenvalue weighted by Crippen LogP contribution is 2.21. The summed E-state index contributed by atoms with van der Waals surface area (Å²) >= 11 is 0. The average molecular weight is 365 g/mol. The van der Waals surface area contributed by atoms with Crippen molar-refractivity contribution in [2.45, 2.75) is 30.7 Å². The number of sulfonamides is 1. The third kappa shape index (κ3) is 2.85. The van der Waals surface area contributed by atoms with Crippen molar-refractivity contribution in [3.8, 4) is 0 Å². The highest BCUT2D eigenvalue weighted by atomic mass is 32.2. The Kier molecular flexibility index (Phi) is 4.08. The van der Waals surface area contributed by atoms with Crippen LogP contribution >= 0.6 is 0 Å². The van der Waals surface area contributed by atoms with E-state index in [4.69, 9.17) is 0 Å². The molecule has 25 heavy (non-hydrogen) atoms. The van der Waals surface area contributed by atoms with Gasteiger partial charge in [0, 0.05) is 32.7 Å². The maximum Gasteiger partial charge on any atom is 0.257 e. The van der Waals surface area contributed by atoms with Crippen LogP contribution < -0.4 is 0 Å². The summed E-state index contributed by atoms with van der Waals surface area (Å²) in [5, 5.41) is 7.75. The van der Waals surface area contributed by atoms with E-state index in [1.165, 1.54) is 10.5 Å². The van der Waals surface area contributed by atoms with Crippen LogP contribution in [0.3, 0.4) is 0 Å². The van der Waals surface area contributed by atoms with Crippen LogP contribution in [0.15, 0.2) is 28.1 Å². The topological polar surface area (TPSA) is 102 Å². The summed E-state index contributed by atoms with van der Waals surface area (Å²) in [6, 6.07) is 0. The summed E-state index contributed by atoms with van der Waals surface area (Å²) in [5.74, 6) is -0.0647. The molecule has 0 N–H and O–H groups in total. The Labute approximate surface area is 145 Å². The highest BCUT2D eigenvalue weighted by Gasteiger charge is 2.32. The van der Waals surface area contributed by atoms with E-state index in [1.54, 1.807) is 11.1 Å². The number of rotatable bonds is 3. The monoisotopic (exact) mass is 365 g/mol. The van der Waals surface area contributed by atoms with E-state index in [2.05, 4.69) is 14.8 Å². The quantitative estimate of drug-likeness (QED) is 0.778. The van der Waals surface area contributed by atoms with Crippen LogP contribution in [-0.2, 0) is 23.0 Å². The fourth-order valence-corrected chi connectivity index (χ4v) is 4.66. The number of aryl methyl sites for hydroxylation is 1. The Hall–Kier alpha value is -2.20. The van der Waals surface area contributed by atoms with E-state index in [0.717, 1.165) is 37.8 Å². The van der Waals surface area contributed by atoms with Crippen molar-refractivity contribution in [3.63, 3.8) is 0 Å². The molecule has 0 atom stereocenters. The third-order valence-corrected chi connectivity index (χ3v) is 6.63. The standard InChI is InChI=1S/C15H19N5O4S/c21-15(13-10-16-20-4-2-1-3-14(13)20)18-5-7-19(8-6-18)25(22,23)12-9-17-24-11-12/h9-11H,1-8H2. The Balaban J connectivity index is 1.45. The van der Waals surface area contributed by atoms with Crippen LogP contribution in [0.1, 0.15) is 28.9 Å². The Morgan fingerprint density at radius 2 is 1.88 bits per heavy atom. The molecule has 0 radical (unpaired) electrons. The smallest absolute Gasteiger partial charge is 0.257 e. The van der Waals surface area contributed by atoms with Crippen molar-refractivity contribution in [2.75, 3.05) is 26.2 Å². The number of piperazine rings is 1. The minimum atomic E-state index is -3.61. The molecule has 2 aliphatic rings. The van der Waals surface area contributed by atoms with Gasteiger partial charge in [0.05, 0.1) is 23.7 Å². The molecule has 1 saturated heterocycles. The molecule has 4 rings (SSSR count). The minimum absolute atomic E-state index is 0.0398. The lowest BCUT2D eigenvalue weighted by Crippen LogP contribution is -2.50. The third-order valence-electron chi connectivity index (χ3n) is 4.79. The molecule has 0 spiro atoms. The molecule has 9 nitrogen and oxygen atoms in total. The van der Waals surface area contributed by atoms with E-state index >= 15 is 0 Å². The van der Waals surface area contributed by atoms with Crippen molar-refractivity contribution >= 4 is 15.9 Å². The lowest BCUT2D eigenvalue weighted by Gasteiger charge is -2.33. The number of fused-ring (bicyclic) bond motifs is 1. The van der Waals surface area contributed by atoms with Crippen LogP contribution in [-0.4, -0.2) is 64.6 Å². The molecule has 2 aliphatic heterocycles. The van der Waals surface area contributed by atoms with Crippen molar-refractivity contribution < 1.29 is 17.7 Å². The SMILES string of the molecule is O=C(c1cnn2c1CCCC2)N1CCN(S(=O)(=O)c2cnoc2)CC1. The lowest BCUT2D eigenvalue weighted by atomic mass is 10.1. The van der Waals surface area contributed by atoms with Gasteiger partial charge in [0.1, 0.15) is 11.2 Å². The van der Waals surface area contributed by atoms with E-state index in [0.29, 0.717) is 18.7 Å².